The molecule has 0 spiro atoms. The zero-order valence-electron chi connectivity index (χ0n) is 9.84. The predicted molar refractivity (Wildman–Crippen MR) is 67.2 cm³/mol. The Morgan fingerprint density at radius 2 is 1.67 bits per heavy atom. The SMILES string of the molecule is CCCCCNCCCc1ccccc1. The van der Waals surface area contributed by atoms with Gasteiger partial charge in [-0.2, -0.15) is 0 Å². The van der Waals surface area contributed by atoms with E-state index in [0.717, 1.165) is 6.54 Å². The molecule has 0 amide bonds. The second-order valence-electron chi connectivity index (χ2n) is 4.05. The number of rotatable bonds is 8. The normalized spacial score (nSPS) is 10.5. The second-order valence-corrected chi connectivity index (χ2v) is 4.05. The Kier molecular flexibility index (Phi) is 6.93. The first kappa shape index (κ1) is 12.3. The summed E-state index contributed by atoms with van der Waals surface area (Å²) in [7, 11) is 0. The van der Waals surface area contributed by atoms with Crippen LogP contribution < -0.4 is 5.32 Å². The molecule has 1 aromatic rings. The Labute approximate surface area is 93.9 Å². The van der Waals surface area contributed by atoms with Crippen molar-refractivity contribution < 1.29 is 0 Å². The van der Waals surface area contributed by atoms with E-state index >= 15 is 0 Å². The van der Waals surface area contributed by atoms with Crippen molar-refractivity contribution in [2.45, 2.75) is 39.0 Å². The predicted octanol–water partition coefficient (Wildman–Crippen LogP) is 3.40. The van der Waals surface area contributed by atoms with E-state index in [1.807, 2.05) is 0 Å². The second kappa shape index (κ2) is 8.49. The zero-order valence-corrected chi connectivity index (χ0v) is 9.84. The summed E-state index contributed by atoms with van der Waals surface area (Å²) in [6.07, 6.45) is 6.43. The highest BCUT2D eigenvalue weighted by Crippen LogP contribution is 2.01. The summed E-state index contributed by atoms with van der Waals surface area (Å²) in [5.74, 6) is 0. The molecule has 1 rings (SSSR count). The molecule has 0 saturated heterocycles. The summed E-state index contributed by atoms with van der Waals surface area (Å²) < 4.78 is 0. The lowest BCUT2D eigenvalue weighted by atomic mass is 10.1. The van der Waals surface area contributed by atoms with E-state index in [9.17, 15) is 0 Å². The molecule has 0 fully saturated rings. The van der Waals surface area contributed by atoms with Crippen molar-refractivity contribution in [3.05, 3.63) is 35.9 Å². The summed E-state index contributed by atoms with van der Waals surface area (Å²) in [5, 5.41) is 3.49. The van der Waals surface area contributed by atoms with Gasteiger partial charge in [-0.05, 0) is 37.9 Å². The first-order chi connectivity index (χ1) is 7.43. The standard InChI is InChI=1S/C14H23N/c1-2-3-7-12-15-13-8-11-14-9-5-4-6-10-14/h4-6,9-10,15H,2-3,7-8,11-13H2,1H3. The van der Waals surface area contributed by atoms with E-state index in [1.165, 1.54) is 44.2 Å². The monoisotopic (exact) mass is 205 g/mol. The zero-order chi connectivity index (χ0) is 10.8. The van der Waals surface area contributed by atoms with Gasteiger partial charge in [0.05, 0.1) is 0 Å². The van der Waals surface area contributed by atoms with E-state index in [4.69, 9.17) is 0 Å². The lowest BCUT2D eigenvalue weighted by Crippen LogP contribution is -2.17. The summed E-state index contributed by atoms with van der Waals surface area (Å²) in [5.41, 5.74) is 1.45. The molecule has 0 radical (unpaired) electrons. The maximum Gasteiger partial charge on any atom is -0.00457 e. The van der Waals surface area contributed by atoms with Crippen molar-refractivity contribution in [3.8, 4) is 0 Å². The number of aryl methyl sites for hydroxylation is 1. The molecule has 0 heterocycles. The van der Waals surface area contributed by atoms with Gasteiger partial charge in [0.15, 0.2) is 0 Å². The van der Waals surface area contributed by atoms with Crippen LogP contribution in [-0.2, 0) is 6.42 Å². The molecule has 1 aromatic carbocycles. The summed E-state index contributed by atoms with van der Waals surface area (Å²) in [4.78, 5) is 0. The van der Waals surface area contributed by atoms with E-state index in [2.05, 4.69) is 42.6 Å². The van der Waals surface area contributed by atoms with Crippen LogP contribution in [0.15, 0.2) is 30.3 Å². The Balaban J connectivity index is 1.93. The molecular formula is C14H23N. The fraction of sp³-hybridized carbons (Fsp3) is 0.571. The van der Waals surface area contributed by atoms with Crippen molar-refractivity contribution in [2.24, 2.45) is 0 Å². The highest BCUT2D eigenvalue weighted by atomic mass is 14.8. The molecule has 1 heteroatoms. The Hall–Kier alpha value is -0.820. The average Bonchev–Trinajstić information content (AvgIpc) is 2.29. The third kappa shape index (κ3) is 6.29. The van der Waals surface area contributed by atoms with Crippen LogP contribution in [0.25, 0.3) is 0 Å². The molecule has 0 bridgehead atoms. The minimum absolute atomic E-state index is 1.15. The molecule has 0 aliphatic rings. The van der Waals surface area contributed by atoms with E-state index in [1.54, 1.807) is 0 Å². The maximum absolute atomic E-state index is 3.49. The highest BCUT2D eigenvalue weighted by Gasteiger charge is 1.91. The Morgan fingerprint density at radius 3 is 2.40 bits per heavy atom. The van der Waals surface area contributed by atoms with Crippen LogP contribution in [0.4, 0.5) is 0 Å². The van der Waals surface area contributed by atoms with Crippen LogP contribution in [0.2, 0.25) is 0 Å². The topological polar surface area (TPSA) is 12.0 Å². The minimum atomic E-state index is 1.15. The van der Waals surface area contributed by atoms with Crippen LogP contribution in [-0.4, -0.2) is 13.1 Å². The van der Waals surface area contributed by atoms with Gasteiger partial charge < -0.3 is 5.32 Å². The molecule has 0 saturated carbocycles. The fourth-order valence-corrected chi connectivity index (χ4v) is 1.69. The average molecular weight is 205 g/mol. The van der Waals surface area contributed by atoms with Crippen LogP contribution >= 0.6 is 0 Å². The molecular weight excluding hydrogens is 182 g/mol. The van der Waals surface area contributed by atoms with Crippen LogP contribution in [0, 0.1) is 0 Å². The van der Waals surface area contributed by atoms with Gasteiger partial charge in [-0.1, -0.05) is 50.1 Å². The lowest BCUT2D eigenvalue weighted by molar-refractivity contribution is 0.599. The molecule has 0 aliphatic heterocycles. The largest absolute Gasteiger partial charge is 0.317 e. The van der Waals surface area contributed by atoms with Crippen molar-refractivity contribution in [2.75, 3.05) is 13.1 Å². The van der Waals surface area contributed by atoms with E-state index in [0.29, 0.717) is 0 Å². The van der Waals surface area contributed by atoms with Crippen LogP contribution in [0.3, 0.4) is 0 Å². The number of hydrogen-bond acceptors (Lipinski definition) is 1. The number of unbranched alkanes of at least 4 members (excludes halogenated alkanes) is 2. The van der Waals surface area contributed by atoms with E-state index in [-0.39, 0.29) is 0 Å². The smallest absolute Gasteiger partial charge is 0.00457 e. The molecule has 15 heavy (non-hydrogen) atoms. The van der Waals surface area contributed by atoms with Gasteiger partial charge in [-0.25, -0.2) is 0 Å². The third-order valence-corrected chi connectivity index (χ3v) is 2.62. The molecule has 0 atom stereocenters. The van der Waals surface area contributed by atoms with Crippen molar-refractivity contribution in [3.63, 3.8) is 0 Å². The van der Waals surface area contributed by atoms with Crippen LogP contribution in [0.5, 0.6) is 0 Å². The van der Waals surface area contributed by atoms with Gasteiger partial charge in [0.2, 0.25) is 0 Å². The highest BCUT2D eigenvalue weighted by molar-refractivity contribution is 5.14. The minimum Gasteiger partial charge on any atom is -0.317 e. The fourth-order valence-electron chi connectivity index (χ4n) is 1.69. The summed E-state index contributed by atoms with van der Waals surface area (Å²) in [6.45, 7) is 4.58. The number of hydrogen-bond donors (Lipinski definition) is 1. The van der Waals surface area contributed by atoms with Gasteiger partial charge in [-0.3, -0.25) is 0 Å². The summed E-state index contributed by atoms with van der Waals surface area (Å²) >= 11 is 0. The molecule has 84 valence electrons. The number of nitrogens with one attached hydrogen (secondary N) is 1. The quantitative estimate of drug-likeness (QED) is 0.641. The Morgan fingerprint density at radius 1 is 0.933 bits per heavy atom. The first-order valence-corrected chi connectivity index (χ1v) is 6.18. The Bertz CT molecular complexity index is 230. The maximum atomic E-state index is 3.49. The lowest BCUT2D eigenvalue weighted by Gasteiger charge is -2.04. The molecule has 1 N–H and O–H groups in total. The van der Waals surface area contributed by atoms with Gasteiger partial charge >= 0.3 is 0 Å². The third-order valence-electron chi connectivity index (χ3n) is 2.62. The summed E-state index contributed by atoms with van der Waals surface area (Å²) in [6, 6.07) is 10.7. The van der Waals surface area contributed by atoms with Crippen molar-refractivity contribution >= 4 is 0 Å². The number of benzene rings is 1. The van der Waals surface area contributed by atoms with Gasteiger partial charge in [0.25, 0.3) is 0 Å². The van der Waals surface area contributed by atoms with E-state index < -0.39 is 0 Å². The molecule has 0 aliphatic carbocycles. The first-order valence-electron chi connectivity index (χ1n) is 6.18. The molecule has 1 nitrogen and oxygen atoms in total. The van der Waals surface area contributed by atoms with Crippen molar-refractivity contribution in [1.29, 1.82) is 0 Å². The van der Waals surface area contributed by atoms with Crippen LogP contribution in [0.1, 0.15) is 38.2 Å². The van der Waals surface area contributed by atoms with Gasteiger partial charge in [0.1, 0.15) is 0 Å². The molecule has 0 aromatic heterocycles. The van der Waals surface area contributed by atoms with Gasteiger partial charge in [0, 0.05) is 0 Å². The van der Waals surface area contributed by atoms with Gasteiger partial charge in [-0.15, -0.1) is 0 Å². The van der Waals surface area contributed by atoms with Crippen molar-refractivity contribution in [1.82, 2.24) is 5.32 Å². The molecule has 0 unspecified atom stereocenters.